The molecule has 1 aliphatic rings. The highest BCUT2D eigenvalue weighted by Crippen LogP contribution is 2.31. The molecule has 2 amide bonds. The molecule has 1 fully saturated rings. The maximum atomic E-state index is 13.9. The van der Waals surface area contributed by atoms with Crippen LogP contribution in [0.1, 0.15) is 29.0 Å². The summed E-state index contributed by atoms with van der Waals surface area (Å²) in [6, 6.07) is 26.8. The fourth-order valence-electron chi connectivity index (χ4n) is 4.54. The summed E-state index contributed by atoms with van der Waals surface area (Å²) in [4.78, 5) is 41.8. The van der Waals surface area contributed by atoms with Gasteiger partial charge in [-0.05, 0) is 22.8 Å². The van der Waals surface area contributed by atoms with E-state index in [2.05, 4.69) is 0 Å². The SMILES string of the molecule is CN(C(=O)/C=C/c1ccccc1)C1CC(C(=O)O)N(C(=O)C(c2ccccc2)c2ccccc2)C1. The summed E-state index contributed by atoms with van der Waals surface area (Å²) >= 11 is 0. The molecule has 3 aromatic rings. The van der Waals surface area contributed by atoms with E-state index in [1.54, 1.807) is 13.1 Å². The molecule has 0 aliphatic carbocycles. The van der Waals surface area contributed by atoms with Crippen LogP contribution < -0.4 is 0 Å². The number of likely N-dealkylation sites (N-methyl/N-ethyl adjacent to an activating group) is 1. The predicted octanol–water partition coefficient (Wildman–Crippen LogP) is 4.04. The fourth-order valence-corrected chi connectivity index (χ4v) is 4.54. The van der Waals surface area contributed by atoms with E-state index in [0.29, 0.717) is 0 Å². The highest BCUT2D eigenvalue weighted by Gasteiger charge is 2.44. The standard InChI is InChI=1S/C29H28N2O4/c1-30(26(32)18-17-21-11-5-2-6-12-21)24-19-25(29(34)35)31(20-24)28(33)27(22-13-7-3-8-14-22)23-15-9-4-10-16-23/h2-18,24-25,27H,19-20H2,1H3,(H,34,35)/b18-17+. The summed E-state index contributed by atoms with van der Waals surface area (Å²) in [6.07, 6.45) is 3.39. The van der Waals surface area contributed by atoms with E-state index in [0.717, 1.165) is 16.7 Å². The van der Waals surface area contributed by atoms with E-state index in [4.69, 9.17) is 0 Å². The molecule has 6 heteroatoms. The molecule has 178 valence electrons. The minimum absolute atomic E-state index is 0.160. The number of carbonyl (C=O) groups is 3. The molecular weight excluding hydrogens is 440 g/mol. The summed E-state index contributed by atoms with van der Waals surface area (Å²) in [7, 11) is 1.65. The van der Waals surface area contributed by atoms with Crippen molar-refractivity contribution in [3.8, 4) is 0 Å². The van der Waals surface area contributed by atoms with Crippen LogP contribution in [-0.2, 0) is 14.4 Å². The molecule has 6 nitrogen and oxygen atoms in total. The van der Waals surface area contributed by atoms with Crippen molar-refractivity contribution in [3.63, 3.8) is 0 Å². The van der Waals surface area contributed by atoms with Gasteiger partial charge in [-0.25, -0.2) is 4.79 Å². The predicted molar refractivity (Wildman–Crippen MR) is 135 cm³/mol. The minimum atomic E-state index is -1.07. The molecule has 1 saturated heterocycles. The number of carboxylic acid groups (broad SMARTS) is 1. The molecule has 0 bridgehead atoms. The van der Waals surface area contributed by atoms with Crippen molar-refractivity contribution < 1.29 is 19.5 Å². The first-order valence-electron chi connectivity index (χ1n) is 11.6. The summed E-state index contributed by atoms with van der Waals surface area (Å²) in [5, 5.41) is 9.93. The lowest BCUT2D eigenvalue weighted by Crippen LogP contribution is -2.44. The van der Waals surface area contributed by atoms with Gasteiger partial charge in [0, 0.05) is 26.1 Å². The summed E-state index contributed by atoms with van der Waals surface area (Å²) < 4.78 is 0. The van der Waals surface area contributed by atoms with Gasteiger partial charge in [-0.15, -0.1) is 0 Å². The van der Waals surface area contributed by atoms with Crippen LogP contribution in [0.5, 0.6) is 0 Å². The third-order valence-electron chi connectivity index (χ3n) is 6.47. The molecule has 1 heterocycles. The van der Waals surface area contributed by atoms with Gasteiger partial charge in [-0.1, -0.05) is 91.0 Å². The molecule has 0 radical (unpaired) electrons. The molecule has 4 rings (SSSR count). The molecule has 2 unspecified atom stereocenters. The van der Waals surface area contributed by atoms with Gasteiger partial charge in [0.2, 0.25) is 11.8 Å². The summed E-state index contributed by atoms with van der Waals surface area (Å²) in [5.41, 5.74) is 2.49. The van der Waals surface area contributed by atoms with Gasteiger partial charge in [0.05, 0.1) is 12.0 Å². The lowest BCUT2D eigenvalue weighted by atomic mass is 9.90. The number of hydrogen-bond acceptors (Lipinski definition) is 3. The average molecular weight is 469 g/mol. The molecule has 3 aromatic carbocycles. The lowest BCUT2D eigenvalue weighted by molar-refractivity contribution is -0.148. The molecule has 35 heavy (non-hydrogen) atoms. The monoisotopic (exact) mass is 468 g/mol. The lowest BCUT2D eigenvalue weighted by Gasteiger charge is -2.28. The highest BCUT2D eigenvalue weighted by molar-refractivity contribution is 5.93. The van der Waals surface area contributed by atoms with Crippen molar-refractivity contribution >= 4 is 23.9 Å². The Labute approximate surface area is 205 Å². The second-order valence-electron chi connectivity index (χ2n) is 8.68. The molecule has 1 aliphatic heterocycles. The zero-order valence-electron chi connectivity index (χ0n) is 19.5. The summed E-state index contributed by atoms with van der Waals surface area (Å²) in [6.45, 7) is 0.160. The molecule has 1 N–H and O–H groups in total. The number of carboxylic acids is 1. The third-order valence-corrected chi connectivity index (χ3v) is 6.47. The highest BCUT2D eigenvalue weighted by atomic mass is 16.4. The molecular formula is C29H28N2O4. The largest absolute Gasteiger partial charge is 0.480 e. The Morgan fingerprint density at radius 2 is 1.40 bits per heavy atom. The first-order chi connectivity index (χ1) is 17.0. The van der Waals surface area contributed by atoms with E-state index in [-0.39, 0.29) is 24.8 Å². The normalized spacial score (nSPS) is 17.6. The van der Waals surface area contributed by atoms with E-state index in [9.17, 15) is 19.5 Å². The van der Waals surface area contributed by atoms with Crippen LogP contribution in [0, 0.1) is 0 Å². The fraction of sp³-hybridized carbons (Fsp3) is 0.207. The van der Waals surface area contributed by atoms with E-state index in [1.807, 2.05) is 91.0 Å². The number of rotatable bonds is 7. The number of likely N-dealkylation sites (tertiary alicyclic amines) is 1. The van der Waals surface area contributed by atoms with Crippen molar-refractivity contribution in [2.24, 2.45) is 0 Å². The van der Waals surface area contributed by atoms with E-state index >= 15 is 0 Å². The van der Waals surface area contributed by atoms with Crippen molar-refractivity contribution in [1.29, 1.82) is 0 Å². The number of carbonyl (C=O) groups excluding carboxylic acids is 2. The van der Waals surface area contributed by atoms with E-state index in [1.165, 1.54) is 15.9 Å². The average Bonchev–Trinajstić information content (AvgIpc) is 3.35. The van der Waals surface area contributed by atoms with Crippen LogP contribution in [0.15, 0.2) is 97.1 Å². The smallest absolute Gasteiger partial charge is 0.326 e. The number of hydrogen-bond donors (Lipinski definition) is 1. The molecule has 0 aromatic heterocycles. The zero-order chi connectivity index (χ0) is 24.8. The van der Waals surface area contributed by atoms with Crippen molar-refractivity contribution in [2.45, 2.75) is 24.4 Å². The van der Waals surface area contributed by atoms with Crippen LogP contribution in [0.25, 0.3) is 6.08 Å². The minimum Gasteiger partial charge on any atom is -0.480 e. The Bertz CT molecular complexity index is 1160. The van der Waals surface area contributed by atoms with Crippen molar-refractivity contribution in [1.82, 2.24) is 9.80 Å². The Morgan fingerprint density at radius 1 is 0.886 bits per heavy atom. The molecule has 0 saturated carbocycles. The first kappa shape index (κ1) is 24.0. The van der Waals surface area contributed by atoms with Gasteiger partial charge >= 0.3 is 5.97 Å². The maximum absolute atomic E-state index is 13.9. The first-order valence-corrected chi connectivity index (χ1v) is 11.6. The zero-order valence-corrected chi connectivity index (χ0v) is 19.5. The Hall–Kier alpha value is -4.19. The van der Waals surface area contributed by atoms with Gasteiger partial charge in [0.1, 0.15) is 6.04 Å². The number of benzene rings is 3. The maximum Gasteiger partial charge on any atom is 0.326 e. The summed E-state index contributed by atoms with van der Waals surface area (Å²) in [5.74, 6) is -2.21. The number of amides is 2. The number of aliphatic carboxylic acids is 1. The number of nitrogens with zero attached hydrogens (tertiary/aromatic N) is 2. The quantitative estimate of drug-likeness (QED) is 0.531. The van der Waals surface area contributed by atoms with E-state index < -0.39 is 24.0 Å². The van der Waals surface area contributed by atoms with Gasteiger partial charge in [0.25, 0.3) is 0 Å². The topological polar surface area (TPSA) is 77.9 Å². The third kappa shape index (κ3) is 5.49. The van der Waals surface area contributed by atoms with Gasteiger partial charge in [-0.2, -0.15) is 0 Å². The molecule has 0 spiro atoms. The van der Waals surface area contributed by atoms with Gasteiger partial charge in [0.15, 0.2) is 0 Å². The Balaban J connectivity index is 1.57. The van der Waals surface area contributed by atoms with Crippen molar-refractivity contribution in [2.75, 3.05) is 13.6 Å². The van der Waals surface area contributed by atoms with Crippen LogP contribution in [0.2, 0.25) is 0 Å². The Morgan fingerprint density at radius 3 is 1.91 bits per heavy atom. The molecule has 2 atom stereocenters. The van der Waals surface area contributed by atoms with Crippen LogP contribution in [0.3, 0.4) is 0 Å². The van der Waals surface area contributed by atoms with Crippen LogP contribution >= 0.6 is 0 Å². The van der Waals surface area contributed by atoms with Gasteiger partial charge in [-0.3, -0.25) is 9.59 Å². The second kappa shape index (κ2) is 10.8. The van der Waals surface area contributed by atoms with Crippen LogP contribution in [-0.4, -0.2) is 58.4 Å². The second-order valence-corrected chi connectivity index (χ2v) is 8.68. The van der Waals surface area contributed by atoms with Gasteiger partial charge < -0.3 is 14.9 Å². The van der Waals surface area contributed by atoms with Crippen LogP contribution in [0.4, 0.5) is 0 Å². The van der Waals surface area contributed by atoms with Crippen molar-refractivity contribution in [3.05, 3.63) is 114 Å². The Kier molecular flexibility index (Phi) is 7.41.